The van der Waals surface area contributed by atoms with Crippen LogP contribution in [0.1, 0.15) is 10.4 Å². The van der Waals surface area contributed by atoms with Gasteiger partial charge in [-0.25, -0.2) is 0 Å². The van der Waals surface area contributed by atoms with Gasteiger partial charge in [0.05, 0.1) is 28.4 Å². The van der Waals surface area contributed by atoms with Crippen LogP contribution in [0.4, 0.5) is 5.69 Å². The number of carbonyl (C=O) groups is 1. The zero-order valence-corrected chi connectivity index (χ0v) is 13.5. The van der Waals surface area contributed by atoms with Crippen molar-refractivity contribution < 1.29 is 23.7 Å². The molecule has 1 N–H and O–H groups in total. The van der Waals surface area contributed by atoms with Crippen LogP contribution in [0.5, 0.6) is 23.0 Å². The summed E-state index contributed by atoms with van der Waals surface area (Å²) in [5.41, 5.74) is 0.896. The Morgan fingerprint density at radius 2 is 1.43 bits per heavy atom. The maximum absolute atomic E-state index is 12.5. The maximum atomic E-state index is 12.5. The number of anilines is 1. The number of hydrogen-bond donors (Lipinski definition) is 1. The van der Waals surface area contributed by atoms with Gasteiger partial charge in [0.1, 0.15) is 28.7 Å². The molecule has 2 aromatic carbocycles. The van der Waals surface area contributed by atoms with Crippen molar-refractivity contribution in [2.75, 3.05) is 33.8 Å². The topological polar surface area (TPSA) is 66.0 Å². The summed E-state index contributed by atoms with van der Waals surface area (Å²) in [5.74, 6) is 1.75. The molecule has 0 atom stereocenters. The van der Waals surface area contributed by atoms with Crippen LogP contribution < -0.4 is 24.3 Å². The second kappa shape index (κ2) is 7.40. The van der Waals surface area contributed by atoms with Crippen molar-refractivity contribution in [1.82, 2.24) is 0 Å². The van der Waals surface area contributed by atoms with E-state index < -0.39 is 0 Å². The van der Waals surface area contributed by atoms with Crippen LogP contribution in [-0.4, -0.2) is 34.3 Å². The van der Waals surface area contributed by atoms with E-state index in [2.05, 4.69) is 5.32 Å². The fourth-order valence-electron chi connectivity index (χ4n) is 2.08. The lowest BCUT2D eigenvalue weighted by molar-refractivity contribution is 0.102. The molecule has 6 nitrogen and oxygen atoms in total. The molecule has 0 aromatic heterocycles. The lowest BCUT2D eigenvalue weighted by Gasteiger charge is -2.16. The molecule has 0 aliphatic carbocycles. The van der Waals surface area contributed by atoms with E-state index in [1.807, 2.05) is 0 Å². The zero-order valence-electron chi connectivity index (χ0n) is 13.5. The van der Waals surface area contributed by atoms with Crippen molar-refractivity contribution in [3.63, 3.8) is 0 Å². The molecule has 0 radical (unpaired) electrons. The van der Waals surface area contributed by atoms with Gasteiger partial charge in [-0.3, -0.25) is 4.79 Å². The molecule has 2 rings (SSSR count). The van der Waals surface area contributed by atoms with Crippen LogP contribution in [0.3, 0.4) is 0 Å². The normalized spacial score (nSPS) is 9.91. The van der Waals surface area contributed by atoms with Crippen LogP contribution in [0, 0.1) is 0 Å². The van der Waals surface area contributed by atoms with Gasteiger partial charge in [-0.1, -0.05) is 6.07 Å². The van der Waals surface area contributed by atoms with Gasteiger partial charge in [-0.05, 0) is 18.2 Å². The molecule has 0 saturated carbocycles. The summed E-state index contributed by atoms with van der Waals surface area (Å²) in [6, 6.07) is 10.2. The quantitative estimate of drug-likeness (QED) is 0.887. The molecule has 1 amide bonds. The molecule has 23 heavy (non-hydrogen) atoms. The van der Waals surface area contributed by atoms with E-state index in [0.29, 0.717) is 34.2 Å². The highest BCUT2D eigenvalue weighted by atomic mass is 16.5. The first-order valence-electron chi connectivity index (χ1n) is 6.88. The number of nitrogens with one attached hydrogen (secondary N) is 1. The van der Waals surface area contributed by atoms with E-state index in [0.717, 1.165) is 0 Å². The summed E-state index contributed by atoms with van der Waals surface area (Å²) in [5, 5.41) is 2.80. The second-order valence-corrected chi connectivity index (χ2v) is 4.59. The highest BCUT2D eigenvalue weighted by molar-refractivity contribution is 6.06. The number of amides is 1. The molecule has 2 aromatic rings. The maximum Gasteiger partial charge on any atom is 0.256 e. The lowest BCUT2D eigenvalue weighted by atomic mass is 10.2. The summed E-state index contributed by atoms with van der Waals surface area (Å²) in [7, 11) is 6.11. The van der Waals surface area contributed by atoms with Gasteiger partial charge in [-0.2, -0.15) is 0 Å². The predicted molar refractivity (Wildman–Crippen MR) is 87.0 cm³/mol. The van der Waals surface area contributed by atoms with Crippen LogP contribution in [0.15, 0.2) is 36.4 Å². The van der Waals surface area contributed by atoms with Gasteiger partial charge in [0, 0.05) is 17.7 Å². The summed E-state index contributed by atoms with van der Waals surface area (Å²) < 4.78 is 20.9. The van der Waals surface area contributed by atoms with Crippen molar-refractivity contribution in [2.45, 2.75) is 0 Å². The lowest BCUT2D eigenvalue weighted by Crippen LogP contribution is -2.13. The Hall–Kier alpha value is -2.89. The van der Waals surface area contributed by atoms with Crippen LogP contribution in [0.2, 0.25) is 0 Å². The third-order valence-corrected chi connectivity index (χ3v) is 3.29. The Morgan fingerprint density at radius 3 is 1.96 bits per heavy atom. The molecule has 122 valence electrons. The van der Waals surface area contributed by atoms with Crippen molar-refractivity contribution in [2.24, 2.45) is 0 Å². The van der Waals surface area contributed by atoms with E-state index in [4.69, 9.17) is 18.9 Å². The molecule has 0 heterocycles. The van der Waals surface area contributed by atoms with Gasteiger partial charge < -0.3 is 24.3 Å². The molecule has 6 heteroatoms. The van der Waals surface area contributed by atoms with E-state index >= 15 is 0 Å². The van der Waals surface area contributed by atoms with Crippen molar-refractivity contribution in [1.29, 1.82) is 0 Å². The minimum atomic E-state index is -0.300. The fraction of sp³-hybridized carbons (Fsp3) is 0.235. The summed E-state index contributed by atoms with van der Waals surface area (Å²) >= 11 is 0. The van der Waals surface area contributed by atoms with Gasteiger partial charge >= 0.3 is 0 Å². The number of rotatable bonds is 6. The summed E-state index contributed by atoms with van der Waals surface area (Å²) in [4.78, 5) is 12.5. The van der Waals surface area contributed by atoms with E-state index in [-0.39, 0.29) is 5.91 Å². The minimum Gasteiger partial charge on any atom is -0.497 e. The highest BCUT2D eigenvalue weighted by Gasteiger charge is 2.17. The Morgan fingerprint density at radius 1 is 0.826 bits per heavy atom. The van der Waals surface area contributed by atoms with E-state index in [9.17, 15) is 4.79 Å². The van der Waals surface area contributed by atoms with E-state index in [1.165, 1.54) is 14.2 Å². The van der Waals surface area contributed by atoms with Crippen molar-refractivity contribution >= 4 is 11.6 Å². The molecule has 0 aliphatic heterocycles. The molecule has 0 fully saturated rings. The Kier molecular flexibility index (Phi) is 5.30. The third kappa shape index (κ3) is 3.66. The zero-order chi connectivity index (χ0) is 16.8. The minimum absolute atomic E-state index is 0.300. The van der Waals surface area contributed by atoms with Crippen LogP contribution in [-0.2, 0) is 0 Å². The Labute approximate surface area is 134 Å². The summed E-state index contributed by atoms with van der Waals surface area (Å²) in [6.45, 7) is 0. The van der Waals surface area contributed by atoms with Crippen molar-refractivity contribution in [3.8, 4) is 23.0 Å². The largest absolute Gasteiger partial charge is 0.497 e. The molecule has 0 unspecified atom stereocenters. The molecule has 0 saturated heterocycles. The number of carbonyl (C=O) groups excluding carboxylic acids is 1. The number of benzene rings is 2. The second-order valence-electron chi connectivity index (χ2n) is 4.59. The van der Waals surface area contributed by atoms with E-state index in [1.54, 1.807) is 50.6 Å². The van der Waals surface area contributed by atoms with Gasteiger partial charge in [-0.15, -0.1) is 0 Å². The average Bonchev–Trinajstić information content (AvgIpc) is 2.61. The molecule has 0 aliphatic rings. The number of methoxy groups -OCH3 is 4. The highest BCUT2D eigenvalue weighted by Crippen LogP contribution is 2.39. The third-order valence-electron chi connectivity index (χ3n) is 3.29. The van der Waals surface area contributed by atoms with Crippen molar-refractivity contribution in [3.05, 3.63) is 42.0 Å². The first kappa shape index (κ1) is 16.5. The standard InChI is InChI=1S/C17H19NO5/c1-20-12-7-5-6-11(8-12)17(19)18-16-14(22-3)9-13(21-2)10-15(16)23-4/h5-10H,1-4H3,(H,18,19). The fourth-order valence-corrected chi connectivity index (χ4v) is 2.08. The summed E-state index contributed by atoms with van der Waals surface area (Å²) in [6.07, 6.45) is 0. The van der Waals surface area contributed by atoms with Gasteiger partial charge in [0.25, 0.3) is 5.91 Å². The molecular formula is C17H19NO5. The first-order valence-corrected chi connectivity index (χ1v) is 6.88. The Bertz CT molecular complexity index is 674. The molecule has 0 spiro atoms. The molecule has 0 bridgehead atoms. The SMILES string of the molecule is COc1cccc(C(=O)Nc2c(OC)cc(OC)cc2OC)c1. The average molecular weight is 317 g/mol. The Balaban J connectivity index is 2.36. The smallest absolute Gasteiger partial charge is 0.256 e. The number of ether oxygens (including phenoxy) is 4. The number of hydrogen-bond acceptors (Lipinski definition) is 5. The van der Waals surface area contributed by atoms with Crippen LogP contribution >= 0.6 is 0 Å². The monoisotopic (exact) mass is 317 g/mol. The van der Waals surface area contributed by atoms with Gasteiger partial charge in [0.2, 0.25) is 0 Å². The molecular weight excluding hydrogens is 298 g/mol. The van der Waals surface area contributed by atoms with Crippen LogP contribution in [0.25, 0.3) is 0 Å². The van der Waals surface area contributed by atoms with Gasteiger partial charge in [0.15, 0.2) is 0 Å². The first-order chi connectivity index (χ1) is 11.1. The predicted octanol–water partition coefficient (Wildman–Crippen LogP) is 2.97.